The lowest BCUT2D eigenvalue weighted by Crippen LogP contribution is -2.05. The molecular weight excluding hydrogens is 200 g/mol. The molecule has 1 unspecified atom stereocenters. The van der Waals surface area contributed by atoms with E-state index in [1.807, 2.05) is 0 Å². The maximum Gasteiger partial charge on any atom is 0.142 e. The summed E-state index contributed by atoms with van der Waals surface area (Å²) in [5, 5.41) is 0.127. The Balaban J connectivity index is 0.00000121. The van der Waals surface area contributed by atoms with E-state index in [0.717, 1.165) is 0 Å². The summed E-state index contributed by atoms with van der Waals surface area (Å²) < 4.78 is 12.8. The molecule has 0 aliphatic carbocycles. The van der Waals surface area contributed by atoms with Gasteiger partial charge in [-0.25, -0.2) is 4.39 Å². The molecule has 4 heteroatoms. The summed E-state index contributed by atoms with van der Waals surface area (Å²) in [7, 11) is 0. The van der Waals surface area contributed by atoms with Crippen molar-refractivity contribution in [3.63, 3.8) is 0 Å². The average Bonchev–Trinajstić information content (AvgIpc) is 1.94. The Bertz CT molecular complexity index is 263. The van der Waals surface area contributed by atoms with Gasteiger partial charge >= 0.3 is 0 Å². The lowest BCUT2D eigenvalue weighted by atomic mass is 10.1. The third-order valence-corrected chi connectivity index (χ3v) is 1.87. The van der Waals surface area contributed by atoms with Crippen molar-refractivity contribution in [1.29, 1.82) is 0 Å². The van der Waals surface area contributed by atoms with Gasteiger partial charge in [-0.2, -0.15) is 0 Å². The SMILES string of the molecule is CC(N)c1cccc(F)c1Cl.Cl. The molecule has 0 heterocycles. The molecule has 0 fully saturated rings. The summed E-state index contributed by atoms with van der Waals surface area (Å²) in [5.74, 6) is -0.415. The average molecular weight is 210 g/mol. The minimum atomic E-state index is -0.415. The molecule has 0 bridgehead atoms. The van der Waals surface area contributed by atoms with E-state index in [9.17, 15) is 4.39 Å². The van der Waals surface area contributed by atoms with Gasteiger partial charge in [0.25, 0.3) is 0 Å². The van der Waals surface area contributed by atoms with Crippen LogP contribution in [0.25, 0.3) is 0 Å². The number of hydrogen-bond acceptors (Lipinski definition) is 1. The zero-order valence-electron chi connectivity index (χ0n) is 6.55. The van der Waals surface area contributed by atoms with E-state index < -0.39 is 5.82 Å². The zero-order valence-corrected chi connectivity index (χ0v) is 8.12. The second-order valence-corrected chi connectivity index (χ2v) is 2.81. The molecule has 1 aromatic rings. The van der Waals surface area contributed by atoms with Gasteiger partial charge in [0, 0.05) is 6.04 Å². The number of hydrogen-bond donors (Lipinski definition) is 1. The fourth-order valence-corrected chi connectivity index (χ4v) is 1.17. The van der Waals surface area contributed by atoms with Crippen LogP contribution in [0.2, 0.25) is 5.02 Å². The minimum absolute atomic E-state index is 0. The Morgan fingerprint density at radius 3 is 2.50 bits per heavy atom. The van der Waals surface area contributed by atoms with Gasteiger partial charge in [-0.05, 0) is 18.6 Å². The Morgan fingerprint density at radius 2 is 2.08 bits per heavy atom. The highest BCUT2D eigenvalue weighted by atomic mass is 35.5. The number of rotatable bonds is 1. The first-order chi connectivity index (χ1) is 5.13. The molecule has 1 atom stereocenters. The van der Waals surface area contributed by atoms with Gasteiger partial charge in [0.15, 0.2) is 0 Å². The van der Waals surface area contributed by atoms with Gasteiger partial charge in [-0.3, -0.25) is 0 Å². The predicted octanol–water partition coefficient (Wildman–Crippen LogP) is 2.92. The lowest BCUT2D eigenvalue weighted by Gasteiger charge is -2.07. The fourth-order valence-electron chi connectivity index (χ4n) is 0.872. The Morgan fingerprint density at radius 1 is 1.50 bits per heavy atom. The van der Waals surface area contributed by atoms with Crippen LogP contribution in [0.4, 0.5) is 4.39 Å². The third-order valence-electron chi connectivity index (χ3n) is 1.47. The van der Waals surface area contributed by atoms with Crippen molar-refractivity contribution >= 4 is 24.0 Å². The topological polar surface area (TPSA) is 26.0 Å². The van der Waals surface area contributed by atoms with Crippen LogP contribution >= 0.6 is 24.0 Å². The van der Waals surface area contributed by atoms with E-state index in [-0.39, 0.29) is 23.5 Å². The summed E-state index contributed by atoms with van der Waals surface area (Å²) in [6.07, 6.45) is 0. The highest BCUT2D eigenvalue weighted by Crippen LogP contribution is 2.23. The van der Waals surface area contributed by atoms with Gasteiger partial charge in [0.1, 0.15) is 5.82 Å². The number of halogens is 3. The second-order valence-electron chi connectivity index (χ2n) is 2.43. The van der Waals surface area contributed by atoms with E-state index in [1.165, 1.54) is 6.07 Å². The van der Waals surface area contributed by atoms with Crippen LogP contribution in [0.1, 0.15) is 18.5 Å². The molecule has 0 saturated carbocycles. The van der Waals surface area contributed by atoms with Crippen molar-refractivity contribution in [2.75, 3.05) is 0 Å². The molecule has 0 spiro atoms. The van der Waals surface area contributed by atoms with Gasteiger partial charge in [0.2, 0.25) is 0 Å². The van der Waals surface area contributed by atoms with E-state index in [1.54, 1.807) is 19.1 Å². The Hall–Kier alpha value is -0.310. The van der Waals surface area contributed by atoms with Crippen LogP contribution in [0.5, 0.6) is 0 Å². The van der Waals surface area contributed by atoms with E-state index >= 15 is 0 Å². The van der Waals surface area contributed by atoms with Crippen molar-refractivity contribution in [3.8, 4) is 0 Å². The predicted molar refractivity (Wildman–Crippen MR) is 51.3 cm³/mol. The number of nitrogens with two attached hydrogens (primary N) is 1. The molecule has 0 radical (unpaired) electrons. The van der Waals surface area contributed by atoms with Crippen LogP contribution < -0.4 is 5.73 Å². The molecule has 1 nitrogen and oxygen atoms in total. The minimum Gasteiger partial charge on any atom is -0.324 e. The molecule has 0 aliphatic rings. The van der Waals surface area contributed by atoms with Crippen molar-refractivity contribution in [3.05, 3.63) is 34.6 Å². The van der Waals surface area contributed by atoms with Crippen molar-refractivity contribution in [1.82, 2.24) is 0 Å². The third kappa shape index (κ3) is 2.34. The zero-order chi connectivity index (χ0) is 8.43. The second kappa shape index (κ2) is 4.65. The van der Waals surface area contributed by atoms with Crippen LogP contribution in [0, 0.1) is 5.82 Å². The first-order valence-electron chi connectivity index (χ1n) is 3.32. The smallest absolute Gasteiger partial charge is 0.142 e. The van der Waals surface area contributed by atoms with Crippen LogP contribution in [-0.4, -0.2) is 0 Å². The first kappa shape index (κ1) is 11.7. The summed E-state index contributed by atoms with van der Waals surface area (Å²) in [6, 6.07) is 4.41. The quantitative estimate of drug-likeness (QED) is 0.757. The van der Waals surface area contributed by atoms with E-state index in [4.69, 9.17) is 17.3 Å². The largest absolute Gasteiger partial charge is 0.324 e. The molecule has 0 aromatic heterocycles. The Kier molecular flexibility index (Phi) is 4.53. The first-order valence-corrected chi connectivity index (χ1v) is 3.70. The maximum atomic E-state index is 12.8. The molecule has 0 amide bonds. The van der Waals surface area contributed by atoms with Gasteiger partial charge in [-0.1, -0.05) is 23.7 Å². The lowest BCUT2D eigenvalue weighted by molar-refractivity contribution is 0.623. The molecule has 2 N–H and O–H groups in total. The highest BCUT2D eigenvalue weighted by molar-refractivity contribution is 6.31. The molecule has 0 aliphatic heterocycles. The molecule has 1 aromatic carbocycles. The summed E-state index contributed by atoms with van der Waals surface area (Å²) in [4.78, 5) is 0. The summed E-state index contributed by atoms with van der Waals surface area (Å²) >= 11 is 5.63. The van der Waals surface area contributed by atoms with Gasteiger partial charge < -0.3 is 5.73 Å². The monoisotopic (exact) mass is 209 g/mol. The molecule has 68 valence electrons. The van der Waals surface area contributed by atoms with Crippen molar-refractivity contribution in [2.24, 2.45) is 5.73 Å². The summed E-state index contributed by atoms with van der Waals surface area (Å²) in [5.41, 5.74) is 6.18. The highest BCUT2D eigenvalue weighted by Gasteiger charge is 2.07. The standard InChI is InChI=1S/C8H9ClFN.ClH/c1-5(11)6-3-2-4-7(10)8(6)9;/h2-5H,11H2,1H3;1H. The normalized spacial score (nSPS) is 12.0. The Labute approximate surface area is 82.1 Å². The van der Waals surface area contributed by atoms with Crippen molar-refractivity contribution in [2.45, 2.75) is 13.0 Å². The molecule has 12 heavy (non-hydrogen) atoms. The van der Waals surface area contributed by atoms with Crippen LogP contribution in [-0.2, 0) is 0 Å². The summed E-state index contributed by atoms with van der Waals surface area (Å²) in [6.45, 7) is 1.76. The van der Waals surface area contributed by atoms with E-state index in [2.05, 4.69) is 0 Å². The maximum absolute atomic E-state index is 12.8. The molecule has 1 rings (SSSR count). The van der Waals surface area contributed by atoms with Crippen molar-refractivity contribution < 1.29 is 4.39 Å². The van der Waals surface area contributed by atoms with Crippen LogP contribution in [0.15, 0.2) is 18.2 Å². The van der Waals surface area contributed by atoms with Gasteiger partial charge in [-0.15, -0.1) is 12.4 Å². The fraction of sp³-hybridized carbons (Fsp3) is 0.250. The molecule has 0 saturated heterocycles. The number of benzene rings is 1. The van der Waals surface area contributed by atoms with Crippen LogP contribution in [0.3, 0.4) is 0 Å². The van der Waals surface area contributed by atoms with Gasteiger partial charge in [0.05, 0.1) is 5.02 Å². The van der Waals surface area contributed by atoms with E-state index in [0.29, 0.717) is 5.56 Å². The molecular formula is C8H10Cl2FN.